The van der Waals surface area contributed by atoms with Gasteiger partial charge in [0.05, 0.1) is 0 Å². The highest BCUT2D eigenvalue weighted by molar-refractivity contribution is 9.10. The Bertz CT molecular complexity index is 830. The maximum Gasteiger partial charge on any atom is 0.279 e. The first-order valence-electron chi connectivity index (χ1n) is 7.98. The third-order valence-corrected chi connectivity index (χ3v) is 5.13. The molecule has 1 atom stereocenters. The maximum atomic E-state index is 12.2. The number of rotatable bonds is 4. The van der Waals surface area contributed by atoms with Crippen LogP contribution in [0.25, 0.3) is 0 Å². The molecule has 5 nitrogen and oxygen atoms in total. The van der Waals surface area contributed by atoms with Gasteiger partial charge in [0, 0.05) is 14.5 Å². The molecule has 0 saturated heterocycles. The molecule has 2 amide bonds. The first kappa shape index (κ1) is 20.5. The topological polar surface area (TPSA) is 67.4 Å². The van der Waals surface area contributed by atoms with Crippen LogP contribution in [0.3, 0.4) is 0 Å². The van der Waals surface area contributed by atoms with Crippen molar-refractivity contribution in [2.24, 2.45) is 0 Å². The zero-order valence-corrected chi connectivity index (χ0v) is 18.1. The highest BCUT2D eigenvalue weighted by atomic mass is 79.9. The Labute approximate surface area is 169 Å². The molecule has 1 unspecified atom stereocenters. The Kier molecular flexibility index (Phi) is 6.83. The molecular formula is C19H20Br2N2O3. The van der Waals surface area contributed by atoms with Crippen LogP contribution in [-0.4, -0.2) is 17.9 Å². The summed E-state index contributed by atoms with van der Waals surface area (Å²) in [4.78, 5) is 24.4. The molecule has 2 aromatic rings. The number of carbonyl (C=O) groups excluding carboxylic acids is 2. The molecule has 2 rings (SSSR count). The van der Waals surface area contributed by atoms with E-state index in [0.29, 0.717) is 11.3 Å². The molecule has 0 radical (unpaired) electrons. The second kappa shape index (κ2) is 8.68. The fourth-order valence-electron chi connectivity index (χ4n) is 2.34. The molecule has 2 N–H and O–H groups in total. The number of carbonyl (C=O) groups is 2. The lowest BCUT2D eigenvalue weighted by Gasteiger charge is -2.18. The van der Waals surface area contributed by atoms with Crippen molar-refractivity contribution in [1.82, 2.24) is 10.9 Å². The minimum absolute atomic E-state index is 0.401. The van der Waals surface area contributed by atoms with Gasteiger partial charge >= 0.3 is 0 Å². The number of aryl methyl sites for hydroxylation is 3. The van der Waals surface area contributed by atoms with E-state index in [-0.39, 0.29) is 0 Å². The number of hydrazine groups is 1. The third-order valence-electron chi connectivity index (χ3n) is 3.82. The van der Waals surface area contributed by atoms with E-state index in [1.54, 1.807) is 19.1 Å². The molecule has 0 aliphatic heterocycles. The van der Waals surface area contributed by atoms with Crippen molar-refractivity contribution in [1.29, 1.82) is 0 Å². The standard InChI is InChI=1S/C19H20Br2N2O3/c1-10-5-6-14(9-16(10)21)19(25)23-22-18(24)13(4)26-17-11(2)7-15(20)8-12(17)3/h5-9,13H,1-4H3,(H,22,24)(H,23,25). The fourth-order valence-corrected chi connectivity index (χ4v) is 3.41. The van der Waals surface area contributed by atoms with Gasteiger partial charge in [0.1, 0.15) is 5.75 Å². The molecule has 2 aromatic carbocycles. The van der Waals surface area contributed by atoms with Gasteiger partial charge in [-0.2, -0.15) is 0 Å². The molecule has 138 valence electrons. The van der Waals surface area contributed by atoms with Crippen molar-refractivity contribution in [2.75, 3.05) is 0 Å². The summed E-state index contributed by atoms with van der Waals surface area (Å²) in [6, 6.07) is 9.06. The fraction of sp³-hybridized carbons (Fsp3) is 0.263. The number of halogens is 2. The number of hydrogen-bond donors (Lipinski definition) is 2. The van der Waals surface area contributed by atoms with Gasteiger partial charge in [-0.25, -0.2) is 0 Å². The number of amides is 2. The van der Waals surface area contributed by atoms with Crippen molar-refractivity contribution >= 4 is 43.7 Å². The first-order valence-corrected chi connectivity index (χ1v) is 9.57. The number of hydrogen-bond acceptors (Lipinski definition) is 3. The van der Waals surface area contributed by atoms with Crippen LogP contribution in [0.4, 0.5) is 0 Å². The number of nitrogens with one attached hydrogen (secondary N) is 2. The molecule has 0 bridgehead atoms. The SMILES string of the molecule is Cc1ccc(C(=O)NNC(=O)C(C)Oc2c(C)cc(Br)cc2C)cc1Br. The average molecular weight is 484 g/mol. The lowest BCUT2D eigenvalue weighted by Crippen LogP contribution is -2.47. The van der Waals surface area contributed by atoms with E-state index in [0.717, 1.165) is 25.6 Å². The van der Waals surface area contributed by atoms with E-state index < -0.39 is 17.9 Å². The molecule has 0 aliphatic carbocycles. The predicted octanol–water partition coefficient (Wildman–Crippen LogP) is 4.37. The lowest BCUT2D eigenvalue weighted by molar-refractivity contribution is -0.128. The van der Waals surface area contributed by atoms with Crippen LogP contribution in [0.15, 0.2) is 39.3 Å². The zero-order chi connectivity index (χ0) is 19.4. The third kappa shape index (κ3) is 5.08. The minimum Gasteiger partial charge on any atom is -0.480 e. The highest BCUT2D eigenvalue weighted by Crippen LogP contribution is 2.28. The summed E-state index contributed by atoms with van der Waals surface area (Å²) in [6.07, 6.45) is -0.765. The summed E-state index contributed by atoms with van der Waals surface area (Å²) in [5.74, 6) is -0.182. The summed E-state index contributed by atoms with van der Waals surface area (Å²) < 4.78 is 7.55. The van der Waals surface area contributed by atoms with Gasteiger partial charge in [-0.1, -0.05) is 37.9 Å². The summed E-state index contributed by atoms with van der Waals surface area (Å²) in [5.41, 5.74) is 8.11. The van der Waals surface area contributed by atoms with E-state index in [4.69, 9.17) is 4.74 Å². The number of ether oxygens (including phenoxy) is 1. The van der Waals surface area contributed by atoms with Crippen LogP contribution in [-0.2, 0) is 4.79 Å². The van der Waals surface area contributed by atoms with Gasteiger partial charge < -0.3 is 4.74 Å². The average Bonchev–Trinajstić information content (AvgIpc) is 2.57. The molecule has 0 aliphatic rings. The van der Waals surface area contributed by atoms with Gasteiger partial charge in [0.25, 0.3) is 11.8 Å². The minimum atomic E-state index is -0.765. The van der Waals surface area contributed by atoms with Crippen LogP contribution in [0.2, 0.25) is 0 Å². The molecule has 0 fully saturated rings. The molecule has 0 heterocycles. The van der Waals surface area contributed by atoms with Gasteiger partial charge in [-0.15, -0.1) is 0 Å². The molecular weight excluding hydrogens is 464 g/mol. The molecule has 26 heavy (non-hydrogen) atoms. The van der Waals surface area contributed by atoms with E-state index in [1.165, 1.54) is 0 Å². The van der Waals surface area contributed by atoms with Crippen LogP contribution >= 0.6 is 31.9 Å². The van der Waals surface area contributed by atoms with Gasteiger partial charge in [-0.3, -0.25) is 20.4 Å². The van der Waals surface area contributed by atoms with E-state index in [1.807, 2.05) is 39.0 Å². The Hall–Kier alpha value is -1.86. The Balaban J connectivity index is 1.97. The molecule has 7 heteroatoms. The lowest BCUT2D eigenvalue weighted by atomic mass is 10.1. The molecule has 0 aromatic heterocycles. The predicted molar refractivity (Wildman–Crippen MR) is 108 cm³/mol. The van der Waals surface area contributed by atoms with Gasteiger partial charge in [0.2, 0.25) is 0 Å². The molecule has 0 spiro atoms. The van der Waals surface area contributed by atoms with Gasteiger partial charge in [0.15, 0.2) is 6.10 Å². The van der Waals surface area contributed by atoms with E-state index in [2.05, 4.69) is 42.7 Å². The van der Waals surface area contributed by atoms with Crippen molar-refractivity contribution in [3.8, 4) is 5.75 Å². The highest BCUT2D eigenvalue weighted by Gasteiger charge is 2.18. The largest absolute Gasteiger partial charge is 0.480 e. The maximum absolute atomic E-state index is 12.2. The normalized spacial score (nSPS) is 11.6. The van der Waals surface area contributed by atoms with Crippen LogP contribution in [0.5, 0.6) is 5.75 Å². The second-order valence-electron chi connectivity index (χ2n) is 6.04. The van der Waals surface area contributed by atoms with Gasteiger partial charge in [-0.05, 0) is 68.7 Å². The van der Waals surface area contributed by atoms with Crippen LogP contribution < -0.4 is 15.6 Å². The summed E-state index contributed by atoms with van der Waals surface area (Å²) in [5, 5.41) is 0. The summed E-state index contributed by atoms with van der Waals surface area (Å²) >= 11 is 6.81. The molecule has 0 saturated carbocycles. The van der Waals surface area contributed by atoms with Crippen molar-refractivity contribution < 1.29 is 14.3 Å². The zero-order valence-electron chi connectivity index (χ0n) is 14.9. The Morgan fingerprint density at radius 3 is 2.15 bits per heavy atom. The first-order chi connectivity index (χ1) is 12.2. The Morgan fingerprint density at radius 1 is 0.962 bits per heavy atom. The summed E-state index contributed by atoms with van der Waals surface area (Å²) in [7, 11) is 0. The second-order valence-corrected chi connectivity index (χ2v) is 7.81. The number of benzene rings is 2. The van der Waals surface area contributed by atoms with Crippen molar-refractivity contribution in [2.45, 2.75) is 33.8 Å². The summed E-state index contributed by atoms with van der Waals surface area (Å²) in [6.45, 7) is 7.38. The van der Waals surface area contributed by atoms with Crippen molar-refractivity contribution in [3.63, 3.8) is 0 Å². The van der Waals surface area contributed by atoms with Crippen molar-refractivity contribution in [3.05, 3.63) is 61.5 Å². The Morgan fingerprint density at radius 2 is 1.58 bits per heavy atom. The van der Waals surface area contributed by atoms with Crippen LogP contribution in [0.1, 0.15) is 34.0 Å². The quantitative estimate of drug-likeness (QED) is 0.634. The monoisotopic (exact) mass is 482 g/mol. The smallest absolute Gasteiger partial charge is 0.279 e. The van der Waals surface area contributed by atoms with Crippen LogP contribution in [0, 0.1) is 20.8 Å². The van der Waals surface area contributed by atoms with E-state index in [9.17, 15) is 9.59 Å². The van der Waals surface area contributed by atoms with E-state index >= 15 is 0 Å².